The van der Waals surface area contributed by atoms with Gasteiger partial charge in [0.15, 0.2) is 0 Å². The molecule has 1 heterocycles. The van der Waals surface area contributed by atoms with Crippen LogP contribution in [0.15, 0.2) is 45.6 Å². The largest absolute Gasteiger partial charge is 0.233 e. The molecule has 0 spiro atoms. The van der Waals surface area contributed by atoms with Gasteiger partial charge in [0.1, 0.15) is 6.34 Å². The minimum Gasteiger partial charge on any atom is -0.233 e. The number of hydrogen-bond acceptors (Lipinski definition) is 4. The van der Waals surface area contributed by atoms with E-state index in [1.807, 2.05) is 18.2 Å². The lowest BCUT2D eigenvalue weighted by Crippen LogP contribution is -1.90. The molecular formula is C9H9N3S. The van der Waals surface area contributed by atoms with Gasteiger partial charge in [-0.2, -0.15) is 0 Å². The number of hydrogen-bond donors (Lipinski definition) is 0. The molecule has 0 aliphatic carbocycles. The van der Waals surface area contributed by atoms with Crippen molar-refractivity contribution in [3.63, 3.8) is 0 Å². The van der Waals surface area contributed by atoms with Crippen molar-refractivity contribution < 1.29 is 0 Å². The van der Waals surface area contributed by atoms with Gasteiger partial charge in [-0.1, -0.05) is 30.3 Å². The fourth-order valence-corrected chi connectivity index (χ4v) is 1.82. The van der Waals surface area contributed by atoms with Crippen LogP contribution in [0.2, 0.25) is 0 Å². The fraction of sp³-hybridized carbons (Fsp3) is 0.222. The molecule has 66 valence electrons. The number of nitrogens with zero attached hydrogens (tertiary/aromatic N) is 3. The van der Waals surface area contributed by atoms with Crippen molar-refractivity contribution in [1.29, 1.82) is 0 Å². The first kappa shape index (κ1) is 8.44. The van der Waals surface area contributed by atoms with Crippen molar-refractivity contribution in [2.45, 2.75) is 11.3 Å². The fourth-order valence-electron chi connectivity index (χ4n) is 1.02. The quantitative estimate of drug-likeness (QED) is 0.723. The van der Waals surface area contributed by atoms with Crippen LogP contribution in [0.5, 0.6) is 0 Å². The number of thioether (sulfide) groups is 1. The minimum atomic E-state index is -0.0276. The van der Waals surface area contributed by atoms with E-state index in [4.69, 9.17) is 0 Å². The van der Waals surface area contributed by atoms with Crippen molar-refractivity contribution in [3.05, 3.63) is 35.9 Å². The van der Waals surface area contributed by atoms with Gasteiger partial charge in [-0.15, -0.1) is 22.0 Å². The van der Waals surface area contributed by atoms with Gasteiger partial charge in [-0.05, 0) is 5.56 Å². The summed E-state index contributed by atoms with van der Waals surface area (Å²) in [6.07, 6.45) is 1.50. The molecule has 0 fully saturated rings. The molecule has 1 aromatic rings. The van der Waals surface area contributed by atoms with Crippen LogP contribution in [-0.4, -0.2) is 11.8 Å². The molecule has 0 saturated carbocycles. The van der Waals surface area contributed by atoms with Crippen molar-refractivity contribution in [2.75, 3.05) is 0 Å². The molecule has 1 unspecified atom stereocenters. The van der Waals surface area contributed by atoms with E-state index in [0.29, 0.717) is 0 Å². The van der Waals surface area contributed by atoms with Crippen LogP contribution in [0.1, 0.15) is 5.56 Å². The zero-order chi connectivity index (χ0) is 8.93. The Morgan fingerprint density at radius 1 is 1.23 bits per heavy atom. The minimum absolute atomic E-state index is 0.0276. The summed E-state index contributed by atoms with van der Waals surface area (Å²) >= 11 is 1.68. The maximum Gasteiger partial charge on any atom is 0.209 e. The highest BCUT2D eigenvalue weighted by Gasteiger charge is 2.07. The Balaban J connectivity index is 1.86. The Hall–Kier alpha value is -1.16. The van der Waals surface area contributed by atoms with E-state index >= 15 is 0 Å². The molecule has 0 bridgehead atoms. The standard InChI is InChI=1S/C9H9N3S/c1-2-4-8(5-3-1)6-13-9-10-7-11-12-9/h1-5,7,9H,6H2. The number of benzene rings is 1. The van der Waals surface area contributed by atoms with Gasteiger partial charge in [-0.3, -0.25) is 0 Å². The second-order valence-corrected chi connectivity index (χ2v) is 3.66. The van der Waals surface area contributed by atoms with Crippen LogP contribution in [0.3, 0.4) is 0 Å². The summed E-state index contributed by atoms with van der Waals surface area (Å²) < 4.78 is 0. The number of aliphatic imine (C=N–C) groups is 1. The van der Waals surface area contributed by atoms with Gasteiger partial charge in [0.2, 0.25) is 5.50 Å². The highest BCUT2D eigenvalue weighted by molar-refractivity contribution is 7.99. The molecule has 1 atom stereocenters. The predicted molar refractivity (Wildman–Crippen MR) is 54.9 cm³/mol. The normalized spacial score (nSPS) is 19.5. The first-order chi connectivity index (χ1) is 6.45. The third-order valence-electron chi connectivity index (χ3n) is 1.65. The van der Waals surface area contributed by atoms with E-state index in [9.17, 15) is 0 Å². The first-order valence-electron chi connectivity index (χ1n) is 4.02. The summed E-state index contributed by atoms with van der Waals surface area (Å²) in [4.78, 5) is 4.06. The van der Waals surface area contributed by atoms with Crippen LogP contribution in [0.4, 0.5) is 0 Å². The van der Waals surface area contributed by atoms with Crippen LogP contribution in [0.25, 0.3) is 0 Å². The molecule has 1 aliphatic heterocycles. The summed E-state index contributed by atoms with van der Waals surface area (Å²) in [5.41, 5.74) is 1.27. The molecule has 4 heteroatoms. The molecular weight excluding hydrogens is 182 g/mol. The van der Waals surface area contributed by atoms with Gasteiger partial charge in [0, 0.05) is 5.75 Å². The molecule has 2 rings (SSSR count). The van der Waals surface area contributed by atoms with Crippen molar-refractivity contribution in [3.8, 4) is 0 Å². The van der Waals surface area contributed by atoms with Gasteiger partial charge in [-0.25, -0.2) is 4.99 Å². The highest BCUT2D eigenvalue weighted by Crippen LogP contribution is 2.21. The predicted octanol–water partition coefficient (Wildman–Crippen LogP) is 2.70. The maximum atomic E-state index is 4.06. The van der Waals surface area contributed by atoms with E-state index in [1.54, 1.807) is 11.8 Å². The summed E-state index contributed by atoms with van der Waals surface area (Å²) in [5.74, 6) is 0.932. The zero-order valence-electron chi connectivity index (χ0n) is 7.00. The summed E-state index contributed by atoms with van der Waals surface area (Å²) in [5, 5.41) is 7.61. The molecule has 0 saturated heterocycles. The van der Waals surface area contributed by atoms with Crippen molar-refractivity contribution >= 4 is 18.1 Å². The molecule has 13 heavy (non-hydrogen) atoms. The smallest absolute Gasteiger partial charge is 0.209 e. The average Bonchev–Trinajstić information content (AvgIpc) is 2.69. The lowest BCUT2D eigenvalue weighted by molar-refractivity contribution is 0.970. The van der Waals surface area contributed by atoms with Crippen LogP contribution < -0.4 is 0 Å². The second-order valence-electron chi connectivity index (χ2n) is 2.62. The van der Waals surface area contributed by atoms with Crippen molar-refractivity contribution in [1.82, 2.24) is 0 Å². The lowest BCUT2D eigenvalue weighted by atomic mass is 10.2. The Kier molecular flexibility index (Phi) is 2.72. The molecule has 0 radical (unpaired) electrons. The van der Waals surface area contributed by atoms with Gasteiger partial charge in [0.25, 0.3) is 0 Å². The first-order valence-corrected chi connectivity index (χ1v) is 5.07. The SMILES string of the molecule is C1=NC(SCc2ccccc2)N=N1. The Bertz CT molecular complexity index is 309. The van der Waals surface area contributed by atoms with Crippen molar-refractivity contribution in [2.24, 2.45) is 15.2 Å². The van der Waals surface area contributed by atoms with Gasteiger partial charge < -0.3 is 0 Å². The molecule has 3 nitrogen and oxygen atoms in total. The summed E-state index contributed by atoms with van der Waals surface area (Å²) in [6.45, 7) is 0. The number of rotatable bonds is 3. The van der Waals surface area contributed by atoms with E-state index in [1.165, 1.54) is 11.9 Å². The molecule has 0 amide bonds. The third-order valence-corrected chi connectivity index (χ3v) is 2.67. The lowest BCUT2D eigenvalue weighted by Gasteiger charge is -2.01. The molecule has 0 aromatic heterocycles. The highest BCUT2D eigenvalue weighted by atomic mass is 32.2. The van der Waals surface area contributed by atoms with E-state index in [-0.39, 0.29) is 5.50 Å². The van der Waals surface area contributed by atoms with Gasteiger partial charge in [0.05, 0.1) is 0 Å². The molecule has 0 N–H and O–H groups in total. The van der Waals surface area contributed by atoms with E-state index < -0.39 is 0 Å². The Morgan fingerprint density at radius 2 is 2.08 bits per heavy atom. The summed E-state index contributed by atoms with van der Waals surface area (Å²) in [7, 11) is 0. The second kappa shape index (κ2) is 4.18. The maximum absolute atomic E-state index is 4.06. The summed E-state index contributed by atoms with van der Waals surface area (Å²) in [6, 6.07) is 10.3. The van der Waals surface area contributed by atoms with E-state index in [2.05, 4.69) is 27.4 Å². The molecule has 1 aliphatic rings. The monoisotopic (exact) mass is 191 g/mol. The van der Waals surface area contributed by atoms with Gasteiger partial charge >= 0.3 is 0 Å². The van der Waals surface area contributed by atoms with Crippen LogP contribution >= 0.6 is 11.8 Å². The van der Waals surface area contributed by atoms with Crippen LogP contribution in [0, 0.1) is 0 Å². The number of azo groups is 1. The van der Waals surface area contributed by atoms with E-state index in [0.717, 1.165) is 5.75 Å². The van der Waals surface area contributed by atoms with Crippen LogP contribution in [-0.2, 0) is 5.75 Å². The average molecular weight is 191 g/mol. The topological polar surface area (TPSA) is 37.1 Å². The third kappa shape index (κ3) is 2.39. The Labute approximate surface area is 81.0 Å². The molecule has 1 aromatic carbocycles. The zero-order valence-corrected chi connectivity index (χ0v) is 7.81. The Morgan fingerprint density at radius 3 is 2.77 bits per heavy atom.